The molecule has 3 rings (SSSR count). The number of hydrogen-bond donors (Lipinski definition) is 1. The number of rotatable bonds is 5. The molecule has 1 aromatic carbocycles. The molecule has 0 radical (unpaired) electrons. The number of nitro benzene ring substituents is 1. The van der Waals surface area contributed by atoms with Gasteiger partial charge in [0.15, 0.2) is 0 Å². The summed E-state index contributed by atoms with van der Waals surface area (Å²) >= 11 is 1.70. The van der Waals surface area contributed by atoms with Gasteiger partial charge in [-0.1, -0.05) is 0 Å². The molecule has 0 spiro atoms. The van der Waals surface area contributed by atoms with Gasteiger partial charge in [-0.2, -0.15) is 0 Å². The summed E-state index contributed by atoms with van der Waals surface area (Å²) in [6.45, 7) is 3.84. The summed E-state index contributed by atoms with van der Waals surface area (Å²) in [4.78, 5) is 18.4. The van der Waals surface area contributed by atoms with Crippen LogP contribution in [0.25, 0.3) is 10.4 Å². The Kier molecular flexibility index (Phi) is 5.00. The zero-order valence-corrected chi connectivity index (χ0v) is 13.7. The van der Waals surface area contributed by atoms with Crippen molar-refractivity contribution in [3.8, 4) is 10.4 Å². The van der Waals surface area contributed by atoms with Crippen LogP contribution >= 0.6 is 11.3 Å². The predicted octanol–water partition coefficient (Wildman–Crippen LogP) is 2.86. The molecule has 0 unspecified atom stereocenters. The molecule has 23 heavy (non-hydrogen) atoms. The highest BCUT2D eigenvalue weighted by atomic mass is 32.1. The first kappa shape index (κ1) is 16.0. The second-order valence-corrected chi connectivity index (χ2v) is 6.83. The molecule has 0 aliphatic carbocycles. The highest BCUT2D eigenvalue weighted by Gasteiger charge is 2.22. The molecule has 2 N–H and O–H groups in total. The molecule has 7 heteroatoms. The lowest BCUT2D eigenvalue weighted by Crippen LogP contribution is -2.36. The van der Waals surface area contributed by atoms with Crippen molar-refractivity contribution in [3.63, 3.8) is 0 Å². The maximum atomic E-state index is 10.7. The van der Waals surface area contributed by atoms with Crippen LogP contribution in [-0.4, -0.2) is 41.0 Å². The van der Waals surface area contributed by atoms with Crippen molar-refractivity contribution in [2.24, 2.45) is 5.73 Å². The lowest BCUT2D eigenvalue weighted by Gasteiger charge is -2.30. The summed E-state index contributed by atoms with van der Waals surface area (Å²) in [5.41, 5.74) is 6.71. The summed E-state index contributed by atoms with van der Waals surface area (Å²) in [5, 5.41) is 11.9. The topological polar surface area (TPSA) is 85.3 Å². The summed E-state index contributed by atoms with van der Waals surface area (Å²) < 4.78 is 0. The van der Waals surface area contributed by atoms with Gasteiger partial charge in [-0.25, -0.2) is 4.98 Å². The molecule has 1 fully saturated rings. The SMILES string of the molecule is NCCN1CCC(c2ncc(-c3ccc([N+](=O)[O-])cc3)s2)CC1. The largest absolute Gasteiger partial charge is 0.329 e. The van der Waals surface area contributed by atoms with Gasteiger partial charge in [0.05, 0.1) is 14.8 Å². The fraction of sp³-hybridized carbons (Fsp3) is 0.438. The zero-order valence-electron chi connectivity index (χ0n) is 12.9. The van der Waals surface area contributed by atoms with Crippen LogP contribution in [0.15, 0.2) is 30.5 Å². The van der Waals surface area contributed by atoms with E-state index in [9.17, 15) is 10.1 Å². The van der Waals surface area contributed by atoms with E-state index in [4.69, 9.17) is 5.73 Å². The fourth-order valence-electron chi connectivity index (χ4n) is 2.94. The molecule has 6 nitrogen and oxygen atoms in total. The van der Waals surface area contributed by atoms with E-state index in [0.29, 0.717) is 12.5 Å². The fourth-order valence-corrected chi connectivity index (χ4v) is 4.04. The van der Waals surface area contributed by atoms with E-state index in [2.05, 4.69) is 9.88 Å². The Morgan fingerprint density at radius 1 is 1.30 bits per heavy atom. The van der Waals surface area contributed by atoms with Crippen molar-refractivity contribution in [2.45, 2.75) is 18.8 Å². The molecule has 122 valence electrons. The van der Waals surface area contributed by atoms with Crippen molar-refractivity contribution >= 4 is 17.0 Å². The third-order valence-corrected chi connectivity index (χ3v) is 5.48. The smallest absolute Gasteiger partial charge is 0.269 e. The molecule has 1 aliphatic heterocycles. The number of non-ortho nitro benzene ring substituents is 1. The Morgan fingerprint density at radius 2 is 2.00 bits per heavy atom. The minimum absolute atomic E-state index is 0.116. The van der Waals surface area contributed by atoms with Crippen LogP contribution < -0.4 is 5.73 Å². The van der Waals surface area contributed by atoms with E-state index in [1.54, 1.807) is 35.6 Å². The van der Waals surface area contributed by atoms with E-state index in [0.717, 1.165) is 42.9 Å². The van der Waals surface area contributed by atoms with Gasteiger partial charge in [-0.05, 0) is 43.6 Å². The lowest BCUT2D eigenvalue weighted by molar-refractivity contribution is -0.384. The van der Waals surface area contributed by atoms with Crippen molar-refractivity contribution in [1.29, 1.82) is 0 Å². The van der Waals surface area contributed by atoms with Gasteiger partial charge in [0.2, 0.25) is 0 Å². The van der Waals surface area contributed by atoms with Crippen molar-refractivity contribution in [1.82, 2.24) is 9.88 Å². The summed E-state index contributed by atoms with van der Waals surface area (Å²) in [7, 11) is 0. The highest BCUT2D eigenvalue weighted by molar-refractivity contribution is 7.15. The summed E-state index contributed by atoms with van der Waals surface area (Å²) in [6, 6.07) is 6.67. The van der Waals surface area contributed by atoms with Gasteiger partial charge in [-0.3, -0.25) is 10.1 Å². The van der Waals surface area contributed by atoms with Crippen molar-refractivity contribution < 1.29 is 4.92 Å². The normalized spacial score (nSPS) is 16.6. The standard InChI is InChI=1S/C16H20N4O2S/c17-7-10-19-8-5-13(6-9-19)16-18-11-15(23-16)12-1-3-14(4-2-12)20(21)22/h1-4,11,13H,5-10,17H2. The number of nitro groups is 1. The van der Waals surface area contributed by atoms with Crippen LogP contribution in [0.2, 0.25) is 0 Å². The maximum absolute atomic E-state index is 10.7. The van der Waals surface area contributed by atoms with Gasteiger partial charge in [-0.15, -0.1) is 11.3 Å². The third-order valence-electron chi connectivity index (χ3n) is 4.27. The Morgan fingerprint density at radius 3 is 2.61 bits per heavy atom. The molecule has 0 atom stereocenters. The second-order valence-electron chi connectivity index (χ2n) is 5.77. The number of nitrogens with zero attached hydrogens (tertiary/aromatic N) is 3. The van der Waals surface area contributed by atoms with Gasteiger partial charge < -0.3 is 10.6 Å². The minimum Gasteiger partial charge on any atom is -0.329 e. The van der Waals surface area contributed by atoms with E-state index >= 15 is 0 Å². The first-order chi connectivity index (χ1) is 11.2. The highest BCUT2D eigenvalue weighted by Crippen LogP contribution is 2.35. The van der Waals surface area contributed by atoms with Crippen LogP contribution in [0, 0.1) is 10.1 Å². The lowest BCUT2D eigenvalue weighted by atomic mass is 9.98. The molecular weight excluding hydrogens is 312 g/mol. The molecule has 1 aliphatic rings. The number of hydrogen-bond acceptors (Lipinski definition) is 6. The van der Waals surface area contributed by atoms with Crippen molar-refractivity contribution in [2.75, 3.05) is 26.2 Å². The number of thiazole rings is 1. The average molecular weight is 332 g/mol. The second kappa shape index (κ2) is 7.16. The van der Waals surface area contributed by atoms with Crippen molar-refractivity contribution in [3.05, 3.63) is 45.6 Å². The molecule has 0 amide bonds. The molecule has 1 aromatic heterocycles. The first-order valence-electron chi connectivity index (χ1n) is 7.80. The summed E-state index contributed by atoms with van der Waals surface area (Å²) in [6.07, 6.45) is 4.12. The van der Waals surface area contributed by atoms with Gasteiger partial charge in [0, 0.05) is 37.3 Å². The number of likely N-dealkylation sites (tertiary alicyclic amines) is 1. The number of aromatic nitrogens is 1. The molecule has 1 saturated heterocycles. The maximum Gasteiger partial charge on any atom is 0.269 e. The summed E-state index contributed by atoms with van der Waals surface area (Å²) in [5.74, 6) is 0.515. The molecule has 2 aromatic rings. The van der Waals surface area contributed by atoms with E-state index < -0.39 is 0 Å². The Labute approximate surface area is 139 Å². The van der Waals surface area contributed by atoms with E-state index in [-0.39, 0.29) is 10.6 Å². The third kappa shape index (κ3) is 3.74. The van der Waals surface area contributed by atoms with Gasteiger partial charge in [0.25, 0.3) is 5.69 Å². The van der Waals surface area contributed by atoms with Gasteiger partial charge in [0.1, 0.15) is 0 Å². The first-order valence-corrected chi connectivity index (χ1v) is 8.62. The van der Waals surface area contributed by atoms with Crippen LogP contribution in [-0.2, 0) is 0 Å². The monoisotopic (exact) mass is 332 g/mol. The minimum atomic E-state index is -0.378. The Bertz CT molecular complexity index is 663. The van der Waals surface area contributed by atoms with Crippen LogP contribution in [0.5, 0.6) is 0 Å². The molecule has 0 saturated carbocycles. The number of piperidine rings is 1. The van der Waals surface area contributed by atoms with E-state index in [1.165, 1.54) is 5.01 Å². The number of benzene rings is 1. The van der Waals surface area contributed by atoms with Gasteiger partial charge >= 0.3 is 0 Å². The Hall–Kier alpha value is -1.83. The zero-order chi connectivity index (χ0) is 16.2. The predicted molar refractivity (Wildman–Crippen MR) is 91.7 cm³/mol. The van der Waals surface area contributed by atoms with E-state index in [1.807, 2.05) is 6.20 Å². The Balaban J connectivity index is 1.67. The quantitative estimate of drug-likeness (QED) is 0.672. The molecular formula is C16H20N4O2S. The molecule has 2 heterocycles. The van der Waals surface area contributed by atoms with Crippen LogP contribution in [0.1, 0.15) is 23.8 Å². The number of nitrogens with two attached hydrogens (primary N) is 1. The average Bonchev–Trinajstić information content (AvgIpc) is 3.06. The molecule has 0 bridgehead atoms. The van der Waals surface area contributed by atoms with Crippen LogP contribution in [0.4, 0.5) is 5.69 Å². The van der Waals surface area contributed by atoms with Crippen LogP contribution in [0.3, 0.4) is 0 Å².